The summed E-state index contributed by atoms with van der Waals surface area (Å²) in [6.45, 7) is 13.2. The van der Waals surface area contributed by atoms with Gasteiger partial charge in [0.2, 0.25) is 0 Å². The molecule has 7 atom stereocenters. The summed E-state index contributed by atoms with van der Waals surface area (Å²) in [7, 11) is -2.07. The van der Waals surface area contributed by atoms with Crippen LogP contribution in [0.4, 0.5) is 0 Å². The van der Waals surface area contributed by atoms with E-state index in [-0.39, 0.29) is 23.0 Å². The van der Waals surface area contributed by atoms with Crippen molar-refractivity contribution in [2.75, 3.05) is 0 Å². The van der Waals surface area contributed by atoms with Crippen LogP contribution in [-0.2, 0) is 4.79 Å². The van der Waals surface area contributed by atoms with Crippen molar-refractivity contribution in [2.45, 2.75) is 77.2 Å². The molecule has 4 heteroatoms. The average molecular weight is 475 g/mol. The summed E-state index contributed by atoms with van der Waals surface area (Å²) in [6, 6.07) is 10.4. The maximum Gasteiger partial charge on any atom is 0.162 e. The molecule has 0 spiro atoms. The first-order valence-corrected chi connectivity index (χ1v) is 15.8. The van der Waals surface area contributed by atoms with Crippen LogP contribution in [0.2, 0.25) is 13.1 Å². The zero-order valence-corrected chi connectivity index (χ0v) is 22.0. The third-order valence-corrected chi connectivity index (χ3v) is 12.7. The van der Waals surface area contributed by atoms with Gasteiger partial charge in [-0.15, -0.1) is 5.54 Å². The number of allylic oxidation sites excluding steroid dienone is 1. The molecule has 2 N–H and O–H groups in total. The minimum atomic E-state index is -2.07. The molecule has 0 aliphatic heterocycles. The Labute approximate surface area is 205 Å². The van der Waals surface area contributed by atoms with E-state index in [0.717, 1.165) is 31.3 Å². The fourth-order valence-corrected chi connectivity index (χ4v) is 9.71. The summed E-state index contributed by atoms with van der Waals surface area (Å²) in [5.41, 5.74) is 3.63. The van der Waals surface area contributed by atoms with Gasteiger partial charge in [0.25, 0.3) is 0 Å². The number of rotatable bonds is 1. The fourth-order valence-electron chi connectivity index (χ4n) is 8.05. The summed E-state index contributed by atoms with van der Waals surface area (Å²) >= 11 is 0. The Hall–Kier alpha value is -1.93. The van der Waals surface area contributed by atoms with Crippen molar-refractivity contribution in [2.24, 2.45) is 28.6 Å². The van der Waals surface area contributed by atoms with Gasteiger partial charge in [-0.1, -0.05) is 75.3 Å². The number of aliphatic hydroxyl groups excluding tert-OH is 1. The molecule has 3 saturated carbocycles. The number of carbonyl (C=O) groups excluding carboxylic acids is 1. The molecule has 0 amide bonds. The van der Waals surface area contributed by atoms with Crippen LogP contribution < -0.4 is 5.19 Å². The van der Waals surface area contributed by atoms with Crippen LogP contribution in [0.25, 0.3) is 0 Å². The molecule has 34 heavy (non-hydrogen) atoms. The minimum absolute atomic E-state index is 0.122. The van der Waals surface area contributed by atoms with Crippen LogP contribution in [0, 0.1) is 40.0 Å². The van der Waals surface area contributed by atoms with Crippen molar-refractivity contribution in [1.29, 1.82) is 0 Å². The molecule has 0 aromatic heterocycles. The van der Waals surface area contributed by atoms with E-state index < -0.39 is 25.2 Å². The topological polar surface area (TPSA) is 57.5 Å². The molecule has 3 nitrogen and oxygen atoms in total. The van der Waals surface area contributed by atoms with Crippen LogP contribution in [0.3, 0.4) is 0 Å². The summed E-state index contributed by atoms with van der Waals surface area (Å²) in [5, 5.41) is 25.0. The molecule has 180 valence electrons. The Morgan fingerprint density at radius 1 is 1.15 bits per heavy atom. The molecule has 0 radical (unpaired) electrons. The standard InChI is InChI=1S/C30H38O3Si/c1-20-17-25-24-12-11-21-18-22(31)13-14-28(21,2)27(24)26(32)19-29(25,3)30(20,33)15-16-34(4,5)23-9-7-6-8-10-23/h6-10,18,24-27,32-33H,1,11-14,17,19H2,2-5H3/t24?,25?,26-,27?,28-,29-,30-/m0/s1. The monoisotopic (exact) mass is 474 g/mol. The van der Waals surface area contributed by atoms with Gasteiger partial charge in [-0.3, -0.25) is 4.79 Å². The maximum absolute atomic E-state index is 12.1. The molecule has 1 aromatic carbocycles. The van der Waals surface area contributed by atoms with Gasteiger partial charge in [0, 0.05) is 11.8 Å². The highest BCUT2D eigenvalue weighted by atomic mass is 28.3. The molecule has 0 saturated heterocycles. The van der Waals surface area contributed by atoms with Gasteiger partial charge in [-0.05, 0) is 72.1 Å². The van der Waals surface area contributed by atoms with Gasteiger partial charge in [-0.2, -0.15) is 0 Å². The van der Waals surface area contributed by atoms with E-state index in [4.69, 9.17) is 0 Å². The number of aliphatic hydroxyl groups is 2. The van der Waals surface area contributed by atoms with Crippen molar-refractivity contribution < 1.29 is 15.0 Å². The van der Waals surface area contributed by atoms with Gasteiger partial charge >= 0.3 is 0 Å². The lowest BCUT2D eigenvalue weighted by molar-refractivity contribution is -0.153. The second-order valence-electron chi connectivity index (χ2n) is 12.3. The van der Waals surface area contributed by atoms with Gasteiger partial charge in [0.1, 0.15) is 0 Å². The molecule has 3 fully saturated rings. The van der Waals surface area contributed by atoms with Crippen molar-refractivity contribution in [1.82, 2.24) is 0 Å². The summed E-state index contributed by atoms with van der Waals surface area (Å²) in [6.07, 6.45) is 5.88. The quantitative estimate of drug-likeness (QED) is 0.357. The Kier molecular flexibility index (Phi) is 5.45. The first-order valence-electron chi connectivity index (χ1n) is 12.8. The van der Waals surface area contributed by atoms with E-state index in [2.05, 4.69) is 69.3 Å². The van der Waals surface area contributed by atoms with Crippen molar-refractivity contribution in [3.05, 3.63) is 54.1 Å². The van der Waals surface area contributed by atoms with Crippen LogP contribution >= 0.6 is 0 Å². The Morgan fingerprint density at radius 2 is 1.85 bits per heavy atom. The Balaban J connectivity index is 1.52. The zero-order valence-electron chi connectivity index (χ0n) is 21.0. The third kappa shape index (κ3) is 3.28. The SMILES string of the molecule is C=C1CC2C3CCC4=CC(=O)CC[C@]4(C)C3[C@@H](O)C[C@]2(C)[C@]1(O)C#C[Si](C)(C)c1ccccc1. The summed E-state index contributed by atoms with van der Waals surface area (Å²) < 4.78 is 0. The van der Waals surface area contributed by atoms with Crippen LogP contribution in [0.5, 0.6) is 0 Å². The predicted octanol–water partition coefficient (Wildman–Crippen LogP) is 4.54. The predicted molar refractivity (Wildman–Crippen MR) is 139 cm³/mol. The van der Waals surface area contributed by atoms with E-state index in [1.165, 1.54) is 10.8 Å². The number of carbonyl (C=O) groups is 1. The smallest absolute Gasteiger partial charge is 0.162 e. The highest BCUT2D eigenvalue weighted by Crippen LogP contribution is 2.68. The molecule has 4 aliphatic carbocycles. The Bertz CT molecular complexity index is 1120. The van der Waals surface area contributed by atoms with Gasteiger partial charge in [0.15, 0.2) is 19.5 Å². The highest BCUT2D eigenvalue weighted by molar-refractivity contribution is 6.96. The lowest BCUT2D eigenvalue weighted by atomic mass is 9.45. The van der Waals surface area contributed by atoms with Crippen LogP contribution in [0.15, 0.2) is 54.1 Å². The summed E-state index contributed by atoms with van der Waals surface area (Å²) in [4.78, 5) is 12.1. The van der Waals surface area contributed by atoms with Crippen molar-refractivity contribution >= 4 is 19.0 Å². The molecule has 3 unspecified atom stereocenters. The average Bonchev–Trinajstić information content (AvgIpc) is 2.99. The number of hydrogen-bond donors (Lipinski definition) is 2. The molecule has 0 heterocycles. The second-order valence-corrected chi connectivity index (χ2v) is 16.4. The lowest BCUT2D eigenvalue weighted by Crippen LogP contribution is -2.59. The maximum atomic E-state index is 12.1. The van der Waals surface area contributed by atoms with E-state index in [1.54, 1.807) is 0 Å². The minimum Gasteiger partial charge on any atom is -0.393 e. The molecular weight excluding hydrogens is 436 g/mol. The van der Waals surface area contributed by atoms with Gasteiger partial charge in [0.05, 0.1) is 6.10 Å². The number of ketones is 1. The van der Waals surface area contributed by atoms with Gasteiger partial charge in [-0.25, -0.2) is 0 Å². The van der Waals surface area contributed by atoms with E-state index in [9.17, 15) is 15.0 Å². The second kappa shape index (κ2) is 7.78. The van der Waals surface area contributed by atoms with Crippen molar-refractivity contribution in [3.8, 4) is 11.5 Å². The molecular formula is C30H38O3Si. The summed E-state index contributed by atoms with van der Waals surface area (Å²) in [5.74, 6) is 4.27. The number of benzene rings is 1. The number of fused-ring (bicyclic) bond motifs is 5. The first kappa shape index (κ1) is 23.8. The van der Waals surface area contributed by atoms with Gasteiger partial charge < -0.3 is 10.2 Å². The first-order chi connectivity index (χ1) is 15.9. The van der Waals surface area contributed by atoms with Crippen LogP contribution in [0.1, 0.15) is 52.4 Å². The normalized spacial score (nSPS) is 41.5. The number of hydrogen-bond acceptors (Lipinski definition) is 3. The van der Waals surface area contributed by atoms with E-state index in [0.29, 0.717) is 18.8 Å². The van der Waals surface area contributed by atoms with E-state index >= 15 is 0 Å². The zero-order chi connectivity index (χ0) is 24.5. The van der Waals surface area contributed by atoms with E-state index in [1.807, 2.05) is 12.1 Å². The fraction of sp³-hybridized carbons (Fsp3) is 0.567. The third-order valence-electron chi connectivity index (χ3n) is 10.1. The van der Waals surface area contributed by atoms with Crippen LogP contribution in [-0.4, -0.2) is 35.8 Å². The molecule has 5 rings (SSSR count). The lowest BCUT2D eigenvalue weighted by Gasteiger charge is -2.60. The van der Waals surface area contributed by atoms with Crippen molar-refractivity contribution in [3.63, 3.8) is 0 Å². The molecule has 1 aromatic rings. The largest absolute Gasteiger partial charge is 0.393 e. The molecule has 0 bridgehead atoms. The molecule has 4 aliphatic rings. The highest BCUT2D eigenvalue weighted by Gasteiger charge is 2.67. The Morgan fingerprint density at radius 3 is 2.56 bits per heavy atom.